The van der Waals surface area contributed by atoms with Gasteiger partial charge in [-0.05, 0) is 36.7 Å². The first kappa shape index (κ1) is 12.6. The number of fused-ring (bicyclic) bond motifs is 2. The number of esters is 1. The van der Waals surface area contributed by atoms with Crippen molar-refractivity contribution in [2.75, 3.05) is 0 Å². The second-order valence-electron chi connectivity index (χ2n) is 6.48. The highest BCUT2D eigenvalue weighted by atomic mass is 16.5. The van der Waals surface area contributed by atoms with E-state index in [4.69, 9.17) is 4.74 Å². The maximum atomic E-state index is 12.6. The van der Waals surface area contributed by atoms with Crippen molar-refractivity contribution in [3.63, 3.8) is 0 Å². The van der Waals surface area contributed by atoms with Crippen LogP contribution in [0.25, 0.3) is 0 Å². The first-order chi connectivity index (χ1) is 8.98. The molecule has 0 amide bonds. The number of allylic oxidation sites excluding steroid dienone is 4. The maximum Gasteiger partial charge on any atom is 0.325 e. The highest BCUT2D eigenvalue weighted by Gasteiger charge is 2.69. The Morgan fingerprint density at radius 3 is 2.74 bits per heavy atom. The van der Waals surface area contributed by atoms with Gasteiger partial charge in [0, 0.05) is 12.8 Å². The maximum absolute atomic E-state index is 12.6. The van der Waals surface area contributed by atoms with Crippen LogP contribution in [-0.2, 0) is 14.3 Å². The molecule has 19 heavy (non-hydrogen) atoms. The predicted octanol–water partition coefficient (Wildman–Crippen LogP) is 3.16. The van der Waals surface area contributed by atoms with Gasteiger partial charge in [-0.1, -0.05) is 26.0 Å². The van der Waals surface area contributed by atoms with Crippen LogP contribution in [0.15, 0.2) is 24.0 Å². The Kier molecular flexibility index (Phi) is 2.70. The van der Waals surface area contributed by atoms with Gasteiger partial charge in [0.1, 0.15) is 11.2 Å². The predicted molar refractivity (Wildman–Crippen MR) is 71.1 cm³/mol. The van der Waals surface area contributed by atoms with Crippen molar-refractivity contribution in [2.45, 2.75) is 46.0 Å². The van der Waals surface area contributed by atoms with E-state index in [-0.39, 0.29) is 17.2 Å². The van der Waals surface area contributed by atoms with Gasteiger partial charge in [-0.2, -0.15) is 0 Å². The standard InChI is InChI=1S/C16H20O3/c1-15(2)11-8-9-16(15,13(17)10-11)14(18)19-12-6-4-3-5-7-12/h3-4,6,11H,5,7-10H2,1-2H3/t11-,16+/m0/s1. The van der Waals surface area contributed by atoms with Crippen LogP contribution in [0, 0.1) is 16.7 Å². The molecular weight excluding hydrogens is 240 g/mol. The van der Waals surface area contributed by atoms with Crippen LogP contribution in [-0.4, -0.2) is 11.8 Å². The summed E-state index contributed by atoms with van der Waals surface area (Å²) in [4.78, 5) is 24.9. The van der Waals surface area contributed by atoms with Crippen molar-refractivity contribution in [3.8, 4) is 0 Å². The molecule has 3 aliphatic carbocycles. The molecule has 0 aromatic carbocycles. The highest BCUT2D eigenvalue weighted by molar-refractivity contribution is 6.07. The molecule has 3 rings (SSSR count). The average Bonchev–Trinajstić information content (AvgIpc) is 2.74. The summed E-state index contributed by atoms with van der Waals surface area (Å²) in [6, 6.07) is 0. The highest BCUT2D eigenvalue weighted by Crippen LogP contribution is 2.64. The molecule has 0 N–H and O–H groups in total. The third-order valence-electron chi connectivity index (χ3n) is 5.44. The number of rotatable bonds is 2. The molecular formula is C16H20O3. The number of ketones is 1. The van der Waals surface area contributed by atoms with Crippen LogP contribution in [0.1, 0.15) is 46.0 Å². The minimum atomic E-state index is -0.889. The number of hydrogen-bond donors (Lipinski definition) is 0. The second-order valence-corrected chi connectivity index (χ2v) is 6.48. The molecule has 0 heterocycles. The lowest BCUT2D eigenvalue weighted by Gasteiger charge is -2.34. The molecule has 0 saturated heterocycles. The minimum absolute atomic E-state index is 0.0886. The van der Waals surface area contributed by atoms with Crippen molar-refractivity contribution in [1.29, 1.82) is 0 Å². The van der Waals surface area contributed by atoms with Gasteiger partial charge >= 0.3 is 5.97 Å². The second kappa shape index (κ2) is 4.06. The fraction of sp³-hybridized carbons (Fsp3) is 0.625. The smallest absolute Gasteiger partial charge is 0.325 e. The molecule has 2 atom stereocenters. The van der Waals surface area contributed by atoms with E-state index in [0.29, 0.717) is 24.5 Å². The Balaban J connectivity index is 1.88. The Hall–Kier alpha value is -1.38. The first-order valence-electron chi connectivity index (χ1n) is 7.10. The fourth-order valence-electron chi connectivity index (χ4n) is 4.03. The number of carbonyl (C=O) groups is 2. The molecule has 0 radical (unpaired) electrons. The monoisotopic (exact) mass is 260 g/mol. The van der Waals surface area contributed by atoms with Crippen LogP contribution < -0.4 is 0 Å². The lowest BCUT2D eigenvalue weighted by atomic mass is 9.69. The van der Waals surface area contributed by atoms with Gasteiger partial charge in [-0.3, -0.25) is 9.59 Å². The number of ether oxygens (including phenoxy) is 1. The summed E-state index contributed by atoms with van der Waals surface area (Å²) in [5.74, 6) is 0.809. The summed E-state index contributed by atoms with van der Waals surface area (Å²) in [6.45, 7) is 4.10. The SMILES string of the molecule is CC1(C)[C@H]2CC[C@]1(C(=O)OC1=CC=CCC1)C(=O)C2. The fourth-order valence-corrected chi connectivity index (χ4v) is 4.03. The van der Waals surface area contributed by atoms with Crippen molar-refractivity contribution >= 4 is 11.8 Å². The molecule has 0 aromatic heterocycles. The Morgan fingerprint density at radius 1 is 1.42 bits per heavy atom. The van der Waals surface area contributed by atoms with E-state index >= 15 is 0 Å². The molecule has 0 unspecified atom stereocenters. The van der Waals surface area contributed by atoms with E-state index in [0.717, 1.165) is 19.3 Å². The molecule has 102 valence electrons. The molecule has 2 saturated carbocycles. The molecule has 0 aliphatic heterocycles. The van der Waals surface area contributed by atoms with Gasteiger partial charge < -0.3 is 4.74 Å². The van der Waals surface area contributed by atoms with Gasteiger partial charge in [0.25, 0.3) is 0 Å². The van der Waals surface area contributed by atoms with E-state index < -0.39 is 5.41 Å². The molecule has 3 heteroatoms. The molecule has 0 spiro atoms. The third-order valence-corrected chi connectivity index (χ3v) is 5.44. The normalized spacial score (nSPS) is 35.4. The number of Topliss-reactive ketones (excluding diaryl/α,β-unsaturated/α-hetero) is 1. The van der Waals surface area contributed by atoms with E-state index in [9.17, 15) is 9.59 Å². The van der Waals surface area contributed by atoms with Crippen molar-refractivity contribution in [3.05, 3.63) is 24.0 Å². The number of carbonyl (C=O) groups excluding carboxylic acids is 2. The quantitative estimate of drug-likeness (QED) is 0.566. The summed E-state index contributed by atoms with van der Waals surface area (Å²) in [5, 5.41) is 0. The topological polar surface area (TPSA) is 43.4 Å². The molecule has 3 nitrogen and oxygen atoms in total. The van der Waals surface area contributed by atoms with Gasteiger partial charge in [-0.25, -0.2) is 0 Å². The summed E-state index contributed by atoms with van der Waals surface area (Å²) in [5.41, 5.74) is -1.15. The molecule has 3 aliphatic rings. The Labute approximate surface area is 113 Å². The van der Waals surface area contributed by atoms with Crippen molar-refractivity contribution < 1.29 is 14.3 Å². The first-order valence-corrected chi connectivity index (χ1v) is 7.10. The van der Waals surface area contributed by atoms with Crippen LogP contribution >= 0.6 is 0 Å². The zero-order valence-electron chi connectivity index (χ0n) is 11.6. The van der Waals surface area contributed by atoms with E-state index in [2.05, 4.69) is 0 Å². The summed E-state index contributed by atoms with van der Waals surface area (Å²) < 4.78 is 5.55. The summed E-state index contributed by atoms with van der Waals surface area (Å²) in [6.07, 6.45) is 9.59. The third kappa shape index (κ3) is 1.57. The molecule has 2 fully saturated rings. The lowest BCUT2D eigenvalue weighted by Crippen LogP contribution is -2.44. The van der Waals surface area contributed by atoms with Gasteiger partial charge in [0.2, 0.25) is 0 Å². The largest absolute Gasteiger partial charge is 0.430 e. The summed E-state index contributed by atoms with van der Waals surface area (Å²) >= 11 is 0. The van der Waals surface area contributed by atoms with Crippen LogP contribution in [0.2, 0.25) is 0 Å². The van der Waals surface area contributed by atoms with E-state index in [1.165, 1.54) is 0 Å². The van der Waals surface area contributed by atoms with E-state index in [1.54, 1.807) is 0 Å². The Morgan fingerprint density at radius 2 is 2.21 bits per heavy atom. The zero-order valence-corrected chi connectivity index (χ0v) is 11.6. The average molecular weight is 260 g/mol. The van der Waals surface area contributed by atoms with E-state index in [1.807, 2.05) is 32.1 Å². The van der Waals surface area contributed by atoms with Gasteiger partial charge in [0.05, 0.1) is 0 Å². The van der Waals surface area contributed by atoms with Crippen LogP contribution in [0.3, 0.4) is 0 Å². The van der Waals surface area contributed by atoms with Gasteiger partial charge in [-0.15, -0.1) is 0 Å². The van der Waals surface area contributed by atoms with Crippen molar-refractivity contribution in [1.82, 2.24) is 0 Å². The minimum Gasteiger partial charge on any atom is -0.430 e. The van der Waals surface area contributed by atoms with Crippen LogP contribution in [0.5, 0.6) is 0 Å². The van der Waals surface area contributed by atoms with Gasteiger partial charge in [0.15, 0.2) is 5.78 Å². The van der Waals surface area contributed by atoms with Crippen molar-refractivity contribution in [2.24, 2.45) is 16.7 Å². The lowest BCUT2D eigenvalue weighted by molar-refractivity contribution is -0.160. The van der Waals surface area contributed by atoms with Crippen LogP contribution in [0.4, 0.5) is 0 Å². The zero-order chi connectivity index (χ0) is 13.7. The molecule has 0 aromatic rings. The number of hydrogen-bond acceptors (Lipinski definition) is 3. The molecule has 2 bridgehead atoms. The Bertz CT molecular complexity index is 498. The summed E-state index contributed by atoms with van der Waals surface area (Å²) in [7, 11) is 0.